The molecule has 1 aliphatic heterocycles. The number of carbonyl (C=O) groups excluding carboxylic acids is 1. The SMILES string of the molecule is CCOc1ccc(NC(=S)NCCC2C=c3ccc(C)cc3=NC2=O)cc1. The molecule has 140 valence electrons. The highest BCUT2D eigenvalue weighted by Crippen LogP contribution is 2.15. The van der Waals surface area contributed by atoms with Crippen LogP contribution in [-0.4, -0.2) is 24.2 Å². The summed E-state index contributed by atoms with van der Waals surface area (Å²) in [6.07, 6.45) is 2.63. The van der Waals surface area contributed by atoms with E-state index < -0.39 is 0 Å². The van der Waals surface area contributed by atoms with Crippen LogP contribution >= 0.6 is 12.2 Å². The molecule has 0 saturated heterocycles. The molecule has 0 radical (unpaired) electrons. The van der Waals surface area contributed by atoms with Gasteiger partial charge in [0.05, 0.1) is 17.9 Å². The van der Waals surface area contributed by atoms with E-state index in [4.69, 9.17) is 17.0 Å². The zero-order chi connectivity index (χ0) is 19.2. The summed E-state index contributed by atoms with van der Waals surface area (Å²) in [5.74, 6) is 0.508. The van der Waals surface area contributed by atoms with E-state index in [1.807, 2.05) is 62.4 Å². The van der Waals surface area contributed by atoms with Gasteiger partial charge in [0.1, 0.15) is 5.75 Å². The minimum atomic E-state index is -0.221. The van der Waals surface area contributed by atoms with Crippen molar-refractivity contribution in [1.82, 2.24) is 5.32 Å². The first-order valence-electron chi connectivity index (χ1n) is 9.04. The Kier molecular flexibility index (Phi) is 6.19. The Hall–Kier alpha value is -2.73. The Morgan fingerprint density at radius 1 is 1.22 bits per heavy atom. The molecule has 5 nitrogen and oxygen atoms in total. The van der Waals surface area contributed by atoms with Crippen LogP contribution in [0.4, 0.5) is 5.69 Å². The van der Waals surface area contributed by atoms with E-state index >= 15 is 0 Å². The van der Waals surface area contributed by atoms with E-state index in [0.717, 1.165) is 27.6 Å². The van der Waals surface area contributed by atoms with Crippen molar-refractivity contribution >= 4 is 35.0 Å². The fourth-order valence-electron chi connectivity index (χ4n) is 2.91. The quantitative estimate of drug-likeness (QED) is 0.752. The molecule has 1 unspecified atom stereocenters. The molecule has 2 aromatic rings. The molecular formula is C21H23N3O2S. The second-order valence-electron chi connectivity index (χ2n) is 6.41. The van der Waals surface area contributed by atoms with Gasteiger partial charge in [0.25, 0.3) is 5.91 Å². The molecule has 1 amide bonds. The molecule has 0 spiro atoms. The van der Waals surface area contributed by atoms with Gasteiger partial charge in [0.15, 0.2) is 5.11 Å². The molecule has 0 aliphatic carbocycles. The molecule has 0 fully saturated rings. The van der Waals surface area contributed by atoms with Crippen LogP contribution in [0.15, 0.2) is 47.5 Å². The number of hydrogen-bond acceptors (Lipinski definition) is 3. The molecule has 0 bridgehead atoms. The molecule has 3 rings (SSSR count). The third-order valence-corrected chi connectivity index (χ3v) is 4.53. The van der Waals surface area contributed by atoms with E-state index in [1.165, 1.54) is 0 Å². The Bertz CT molecular complexity index is 954. The van der Waals surface area contributed by atoms with E-state index in [1.54, 1.807) is 0 Å². The number of fused-ring (bicyclic) bond motifs is 1. The maximum Gasteiger partial charge on any atom is 0.253 e. The fraction of sp³-hybridized carbons (Fsp3) is 0.286. The third-order valence-electron chi connectivity index (χ3n) is 4.28. The molecular weight excluding hydrogens is 358 g/mol. The first-order valence-corrected chi connectivity index (χ1v) is 9.45. The van der Waals surface area contributed by atoms with Crippen molar-refractivity contribution < 1.29 is 9.53 Å². The highest BCUT2D eigenvalue weighted by atomic mass is 32.1. The summed E-state index contributed by atoms with van der Waals surface area (Å²) >= 11 is 5.32. The zero-order valence-electron chi connectivity index (χ0n) is 15.5. The number of ether oxygens (including phenoxy) is 1. The average Bonchev–Trinajstić information content (AvgIpc) is 2.64. The van der Waals surface area contributed by atoms with Gasteiger partial charge in [-0.25, -0.2) is 4.99 Å². The lowest BCUT2D eigenvalue weighted by Crippen LogP contribution is -2.36. The van der Waals surface area contributed by atoms with E-state index in [2.05, 4.69) is 15.6 Å². The standard InChI is InChI=1S/C21H23N3O2S/c1-3-26-18-8-6-17(7-9-18)23-21(27)22-11-10-16-13-15-5-4-14(2)12-19(15)24-20(16)25/h4-9,12-13,16H,3,10-11H2,1-2H3,(H2,22,23,27). The number of rotatable bonds is 6. The van der Waals surface area contributed by atoms with Gasteiger partial charge in [-0.1, -0.05) is 18.2 Å². The number of aryl methyl sites for hydroxylation is 1. The summed E-state index contributed by atoms with van der Waals surface area (Å²) in [6.45, 7) is 5.17. The van der Waals surface area contributed by atoms with Crippen LogP contribution in [0, 0.1) is 12.8 Å². The van der Waals surface area contributed by atoms with Gasteiger partial charge in [0, 0.05) is 12.2 Å². The average molecular weight is 382 g/mol. The van der Waals surface area contributed by atoms with Crippen LogP contribution in [0.5, 0.6) is 5.75 Å². The number of hydrogen-bond donors (Lipinski definition) is 2. The summed E-state index contributed by atoms with van der Waals surface area (Å²) in [5, 5.41) is 8.57. The van der Waals surface area contributed by atoms with Gasteiger partial charge in [-0.3, -0.25) is 4.79 Å². The van der Waals surface area contributed by atoms with E-state index in [9.17, 15) is 4.79 Å². The Morgan fingerprint density at radius 3 is 2.74 bits per heavy atom. The largest absolute Gasteiger partial charge is 0.494 e. The highest BCUT2D eigenvalue weighted by Gasteiger charge is 2.18. The monoisotopic (exact) mass is 381 g/mol. The number of thiocarbonyl (C=S) groups is 1. The highest BCUT2D eigenvalue weighted by molar-refractivity contribution is 7.80. The predicted molar refractivity (Wildman–Crippen MR) is 111 cm³/mol. The van der Waals surface area contributed by atoms with Crippen LogP contribution in [0.3, 0.4) is 0 Å². The van der Waals surface area contributed by atoms with Crippen molar-refractivity contribution in [2.45, 2.75) is 20.3 Å². The number of benzene rings is 2. The molecule has 0 aromatic heterocycles. The molecule has 0 saturated carbocycles. The maximum atomic E-state index is 12.2. The number of amides is 1. The van der Waals surface area contributed by atoms with Crippen molar-refractivity contribution in [3.05, 3.63) is 58.6 Å². The van der Waals surface area contributed by atoms with Gasteiger partial charge in [-0.15, -0.1) is 0 Å². The second kappa shape index (κ2) is 8.77. The molecule has 2 aromatic carbocycles. The topological polar surface area (TPSA) is 62.7 Å². The van der Waals surface area contributed by atoms with Gasteiger partial charge < -0.3 is 15.4 Å². The Morgan fingerprint density at radius 2 is 2.00 bits per heavy atom. The van der Waals surface area contributed by atoms with Crippen molar-refractivity contribution in [1.29, 1.82) is 0 Å². The summed E-state index contributed by atoms with van der Waals surface area (Å²) in [6, 6.07) is 13.6. The lowest BCUT2D eigenvalue weighted by Gasteiger charge is -2.15. The van der Waals surface area contributed by atoms with Crippen LogP contribution in [-0.2, 0) is 4.79 Å². The van der Waals surface area contributed by atoms with Crippen molar-refractivity contribution in [2.75, 3.05) is 18.5 Å². The third kappa shape index (κ3) is 5.14. The maximum absolute atomic E-state index is 12.2. The molecule has 2 N–H and O–H groups in total. The van der Waals surface area contributed by atoms with Gasteiger partial charge in [0.2, 0.25) is 0 Å². The fourth-order valence-corrected chi connectivity index (χ4v) is 3.13. The lowest BCUT2D eigenvalue weighted by atomic mass is 10.00. The smallest absolute Gasteiger partial charge is 0.253 e. The number of anilines is 1. The van der Waals surface area contributed by atoms with Gasteiger partial charge in [-0.05, 0) is 73.6 Å². The van der Waals surface area contributed by atoms with Crippen molar-refractivity contribution in [2.24, 2.45) is 10.9 Å². The van der Waals surface area contributed by atoms with Crippen molar-refractivity contribution in [3.63, 3.8) is 0 Å². The molecule has 1 atom stereocenters. The van der Waals surface area contributed by atoms with Crippen LogP contribution in [0.2, 0.25) is 0 Å². The normalized spacial score (nSPS) is 15.2. The van der Waals surface area contributed by atoms with Crippen LogP contribution < -0.4 is 25.9 Å². The summed E-state index contributed by atoms with van der Waals surface area (Å²) in [5.41, 5.74) is 1.99. The van der Waals surface area contributed by atoms with Crippen molar-refractivity contribution in [3.8, 4) is 5.75 Å². The predicted octanol–water partition coefficient (Wildman–Crippen LogP) is 2.33. The van der Waals surface area contributed by atoms with E-state index in [0.29, 0.717) is 24.7 Å². The van der Waals surface area contributed by atoms with Crippen LogP contribution in [0.1, 0.15) is 18.9 Å². The number of nitrogens with one attached hydrogen (secondary N) is 2. The number of carbonyl (C=O) groups is 1. The summed E-state index contributed by atoms with van der Waals surface area (Å²) in [4.78, 5) is 16.5. The van der Waals surface area contributed by atoms with Gasteiger partial charge >= 0.3 is 0 Å². The Balaban J connectivity index is 1.51. The minimum absolute atomic E-state index is 0.0970. The summed E-state index contributed by atoms with van der Waals surface area (Å²) in [7, 11) is 0. The molecule has 1 heterocycles. The Labute approximate surface area is 164 Å². The lowest BCUT2D eigenvalue weighted by molar-refractivity contribution is -0.120. The first-order chi connectivity index (χ1) is 13.0. The molecule has 6 heteroatoms. The summed E-state index contributed by atoms with van der Waals surface area (Å²) < 4.78 is 5.42. The minimum Gasteiger partial charge on any atom is -0.494 e. The van der Waals surface area contributed by atoms with Crippen LogP contribution in [0.25, 0.3) is 6.08 Å². The van der Waals surface area contributed by atoms with Gasteiger partial charge in [-0.2, -0.15) is 0 Å². The second-order valence-corrected chi connectivity index (χ2v) is 6.82. The zero-order valence-corrected chi connectivity index (χ0v) is 16.3. The van der Waals surface area contributed by atoms with E-state index in [-0.39, 0.29) is 11.8 Å². The molecule has 1 aliphatic rings. The molecule has 27 heavy (non-hydrogen) atoms. The first kappa shape index (κ1) is 19.0. The number of nitrogens with zero attached hydrogens (tertiary/aromatic N) is 1.